The highest BCUT2D eigenvalue weighted by atomic mass is 32.2. The van der Waals surface area contributed by atoms with Gasteiger partial charge in [0, 0.05) is 5.69 Å². The van der Waals surface area contributed by atoms with Gasteiger partial charge in [0.05, 0.1) is 11.4 Å². The molecular weight excluding hydrogens is 364 g/mol. The molecule has 0 bridgehead atoms. The first-order valence-electron chi connectivity index (χ1n) is 8.86. The average molecular weight is 391 g/mol. The van der Waals surface area contributed by atoms with Crippen molar-refractivity contribution in [3.05, 3.63) is 53.6 Å². The summed E-state index contributed by atoms with van der Waals surface area (Å²) in [6.07, 6.45) is -0.175. The average Bonchev–Trinajstić information content (AvgIpc) is 2.60. The maximum absolute atomic E-state index is 12.5. The maximum Gasteiger partial charge on any atom is 0.265 e. The lowest BCUT2D eigenvalue weighted by atomic mass is 10.1. The van der Waals surface area contributed by atoms with Crippen LogP contribution in [0.25, 0.3) is 0 Å². The van der Waals surface area contributed by atoms with Crippen LogP contribution in [0.2, 0.25) is 0 Å². The molecule has 27 heavy (non-hydrogen) atoms. The quantitative estimate of drug-likeness (QED) is 0.717. The molecule has 1 unspecified atom stereocenters. The Kier molecular flexibility index (Phi) is 6.85. The lowest BCUT2D eigenvalue weighted by molar-refractivity contribution is -0.122. The number of nitrogens with one attached hydrogen (secondary N) is 2. The number of anilines is 2. The Morgan fingerprint density at radius 2 is 1.70 bits per heavy atom. The molecular formula is C20H26N2O4S. The highest BCUT2D eigenvalue weighted by molar-refractivity contribution is 7.92. The van der Waals surface area contributed by atoms with E-state index in [1.807, 2.05) is 31.2 Å². The Labute approximate surface area is 161 Å². The molecule has 6 nitrogen and oxygen atoms in total. The fraction of sp³-hybridized carbons (Fsp3) is 0.350. The van der Waals surface area contributed by atoms with Crippen molar-refractivity contribution in [2.24, 2.45) is 0 Å². The second-order valence-electron chi connectivity index (χ2n) is 6.46. The molecule has 2 aromatic rings. The van der Waals surface area contributed by atoms with Crippen molar-refractivity contribution in [1.82, 2.24) is 0 Å². The normalized spacial score (nSPS) is 12.3. The third-order valence-electron chi connectivity index (χ3n) is 4.03. The van der Waals surface area contributed by atoms with Gasteiger partial charge in [-0.05, 0) is 57.0 Å². The molecule has 0 radical (unpaired) electrons. The van der Waals surface area contributed by atoms with Gasteiger partial charge in [0.15, 0.2) is 6.10 Å². The number of amides is 1. The number of carbonyl (C=O) groups excluding carboxylic acids is 1. The van der Waals surface area contributed by atoms with Gasteiger partial charge in [-0.25, -0.2) is 8.42 Å². The van der Waals surface area contributed by atoms with Gasteiger partial charge in [-0.15, -0.1) is 0 Å². The molecule has 0 aliphatic rings. The number of benzene rings is 2. The monoisotopic (exact) mass is 390 g/mol. The van der Waals surface area contributed by atoms with Crippen molar-refractivity contribution in [3.8, 4) is 5.75 Å². The van der Waals surface area contributed by atoms with E-state index < -0.39 is 16.1 Å². The predicted molar refractivity (Wildman–Crippen MR) is 109 cm³/mol. The lowest BCUT2D eigenvalue weighted by Gasteiger charge is -2.17. The number of hydrogen-bond acceptors (Lipinski definition) is 4. The summed E-state index contributed by atoms with van der Waals surface area (Å²) in [6, 6.07) is 12.5. The SMILES string of the molecule is CCCS(=O)(=O)Nc1cccc(NC(=O)C(C)Oc2ccc(C)cc2)c1C. The van der Waals surface area contributed by atoms with Crippen LogP contribution in [0.15, 0.2) is 42.5 Å². The molecule has 2 N–H and O–H groups in total. The summed E-state index contributed by atoms with van der Waals surface area (Å²) in [5.41, 5.74) is 2.75. The minimum Gasteiger partial charge on any atom is -0.481 e. The summed E-state index contributed by atoms with van der Waals surface area (Å²) in [5.74, 6) is 0.345. The van der Waals surface area contributed by atoms with Crippen LogP contribution >= 0.6 is 0 Å². The molecule has 1 amide bonds. The third kappa shape index (κ3) is 5.99. The molecule has 7 heteroatoms. The fourth-order valence-corrected chi connectivity index (χ4v) is 3.67. The smallest absolute Gasteiger partial charge is 0.265 e. The van der Waals surface area contributed by atoms with Crippen LogP contribution in [0.1, 0.15) is 31.4 Å². The molecule has 1 atom stereocenters. The third-order valence-corrected chi connectivity index (χ3v) is 5.51. The van der Waals surface area contributed by atoms with Crippen LogP contribution in [0.5, 0.6) is 5.75 Å². The van der Waals surface area contributed by atoms with E-state index in [4.69, 9.17) is 4.74 Å². The van der Waals surface area contributed by atoms with Crippen molar-refractivity contribution in [3.63, 3.8) is 0 Å². The molecule has 0 fully saturated rings. The highest BCUT2D eigenvalue weighted by Crippen LogP contribution is 2.25. The van der Waals surface area contributed by atoms with Crippen LogP contribution in [-0.2, 0) is 14.8 Å². The van der Waals surface area contributed by atoms with Crippen LogP contribution in [0.3, 0.4) is 0 Å². The van der Waals surface area contributed by atoms with Crippen molar-refractivity contribution < 1.29 is 17.9 Å². The van der Waals surface area contributed by atoms with E-state index in [1.165, 1.54) is 0 Å². The molecule has 0 aliphatic heterocycles. The zero-order valence-electron chi connectivity index (χ0n) is 16.1. The Bertz CT molecular complexity index is 893. The van der Waals surface area contributed by atoms with Crippen LogP contribution in [0, 0.1) is 13.8 Å². The number of carbonyl (C=O) groups is 1. The van der Waals surface area contributed by atoms with Gasteiger partial charge in [-0.1, -0.05) is 30.7 Å². The Morgan fingerprint density at radius 3 is 2.33 bits per heavy atom. The van der Waals surface area contributed by atoms with Gasteiger partial charge in [0.25, 0.3) is 5.91 Å². The van der Waals surface area contributed by atoms with Crippen molar-refractivity contribution >= 4 is 27.3 Å². The maximum atomic E-state index is 12.5. The highest BCUT2D eigenvalue weighted by Gasteiger charge is 2.17. The van der Waals surface area contributed by atoms with Crippen LogP contribution < -0.4 is 14.8 Å². The summed E-state index contributed by atoms with van der Waals surface area (Å²) in [5, 5.41) is 2.80. The molecule has 0 heterocycles. The van der Waals surface area contributed by atoms with E-state index in [2.05, 4.69) is 10.0 Å². The minimum atomic E-state index is -3.40. The largest absolute Gasteiger partial charge is 0.481 e. The summed E-state index contributed by atoms with van der Waals surface area (Å²) < 4.78 is 32.2. The molecule has 0 spiro atoms. The molecule has 0 aromatic heterocycles. The molecule has 0 saturated heterocycles. The number of aryl methyl sites for hydroxylation is 1. The molecule has 2 rings (SSSR count). The van der Waals surface area contributed by atoms with Crippen LogP contribution in [0.4, 0.5) is 11.4 Å². The molecule has 0 saturated carbocycles. The summed E-state index contributed by atoms with van der Waals surface area (Å²) in [4.78, 5) is 12.5. The van der Waals surface area contributed by atoms with E-state index >= 15 is 0 Å². The van der Waals surface area contributed by atoms with Gasteiger partial charge >= 0.3 is 0 Å². The van der Waals surface area contributed by atoms with E-state index in [9.17, 15) is 13.2 Å². The summed E-state index contributed by atoms with van der Waals surface area (Å²) >= 11 is 0. The van der Waals surface area contributed by atoms with Crippen molar-refractivity contribution in [1.29, 1.82) is 0 Å². The van der Waals surface area contributed by atoms with E-state index in [0.29, 0.717) is 29.1 Å². The van der Waals surface area contributed by atoms with E-state index in [1.54, 1.807) is 39.0 Å². The zero-order valence-corrected chi connectivity index (χ0v) is 16.9. The lowest BCUT2D eigenvalue weighted by Crippen LogP contribution is -2.30. The fourth-order valence-electron chi connectivity index (χ4n) is 2.48. The first-order valence-corrected chi connectivity index (χ1v) is 10.5. The van der Waals surface area contributed by atoms with Crippen molar-refractivity contribution in [2.45, 2.75) is 40.2 Å². The summed E-state index contributed by atoms with van der Waals surface area (Å²) in [6.45, 7) is 7.20. The topological polar surface area (TPSA) is 84.5 Å². The van der Waals surface area contributed by atoms with E-state index in [0.717, 1.165) is 5.56 Å². The molecule has 146 valence electrons. The number of rotatable bonds is 8. The minimum absolute atomic E-state index is 0.0461. The van der Waals surface area contributed by atoms with Gasteiger partial charge in [-0.3, -0.25) is 9.52 Å². The zero-order chi connectivity index (χ0) is 20.0. The Hall–Kier alpha value is -2.54. The van der Waals surface area contributed by atoms with Crippen molar-refractivity contribution in [2.75, 3.05) is 15.8 Å². The predicted octanol–water partition coefficient (Wildman–Crippen LogP) is 3.86. The number of ether oxygens (including phenoxy) is 1. The van der Waals surface area contributed by atoms with Gasteiger partial charge in [0.2, 0.25) is 10.0 Å². The molecule has 2 aromatic carbocycles. The van der Waals surface area contributed by atoms with Gasteiger partial charge in [-0.2, -0.15) is 0 Å². The Balaban J connectivity index is 2.08. The first kappa shape index (κ1) is 20.8. The number of hydrogen-bond donors (Lipinski definition) is 2. The van der Waals surface area contributed by atoms with Crippen LogP contribution in [-0.4, -0.2) is 26.2 Å². The standard InChI is InChI=1S/C20H26N2O4S/c1-5-13-27(24,25)22-19-8-6-7-18(15(19)3)21-20(23)16(4)26-17-11-9-14(2)10-12-17/h6-12,16,22H,5,13H2,1-4H3,(H,21,23). The van der Waals surface area contributed by atoms with Gasteiger partial charge in [0.1, 0.15) is 5.75 Å². The second kappa shape index (κ2) is 8.90. The molecule has 0 aliphatic carbocycles. The first-order chi connectivity index (χ1) is 12.7. The van der Waals surface area contributed by atoms with Gasteiger partial charge < -0.3 is 10.1 Å². The second-order valence-corrected chi connectivity index (χ2v) is 8.30. The Morgan fingerprint density at radius 1 is 1.07 bits per heavy atom. The number of sulfonamides is 1. The summed E-state index contributed by atoms with van der Waals surface area (Å²) in [7, 11) is -3.40. The van der Waals surface area contributed by atoms with E-state index in [-0.39, 0.29) is 11.7 Å².